The minimum Gasteiger partial charge on any atom is -0.478 e. The largest absolute Gasteiger partial charge is 0.478 e. The molecule has 0 aromatic carbocycles. The predicted molar refractivity (Wildman–Crippen MR) is 56.9 cm³/mol. The molecular formula is C10H13NO2S. The molecule has 3 nitrogen and oxygen atoms in total. The minimum absolute atomic E-state index is 0.316. The zero-order valence-corrected chi connectivity index (χ0v) is 9.10. The normalized spacial score (nSPS) is 10.1. The average molecular weight is 211 g/mol. The molecular weight excluding hydrogens is 198 g/mol. The molecule has 0 radical (unpaired) electrons. The lowest BCUT2D eigenvalue weighted by molar-refractivity contribution is 0.0696. The molecule has 0 aliphatic heterocycles. The summed E-state index contributed by atoms with van der Waals surface area (Å²) in [6, 6.07) is 3.20. The molecule has 14 heavy (non-hydrogen) atoms. The van der Waals surface area contributed by atoms with E-state index >= 15 is 0 Å². The van der Waals surface area contributed by atoms with Crippen LogP contribution in [-0.4, -0.2) is 21.8 Å². The van der Waals surface area contributed by atoms with Gasteiger partial charge >= 0.3 is 5.97 Å². The first-order chi connectivity index (χ1) is 6.63. The van der Waals surface area contributed by atoms with Crippen molar-refractivity contribution in [2.75, 3.05) is 5.75 Å². The van der Waals surface area contributed by atoms with E-state index in [9.17, 15) is 4.79 Å². The van der Waals surface area contributed by atoms with Crippen molar-refractivity contribution in [1.29, 1.82) is 0 Å². The van der Waals surface area contributed by atoms with Crippen molar-refractivity contribution in [3.05, 3.63) is 23.4 Å². The number of aromatic carboxylic acids is 1. The summed E-state index contributed by atoms with van der Waals surface area (Å²) in [6.45, 7) is 3.89. The van der Waals surface area contributed by atoms with E-state index in [1.807, 2.05) is 6.92 Å². The number of rotatable bonds is 4. The first-order valence-corrected chi connectivity index (χ1v) is 5.47. The molecule has 0 saturated heterocycles. The fourth-order valence-electron chi connectivity index (χ4n) is 1.04. The van der Waals surface area contributed by atoms with Gasteiger partial charge in [0.1, 0.15) is 0 Å². The zero-order chi connectivity index (χ0) is 10.6. The molecule has 0 atom stereocenters. The lowest BCUT2D eigenvalue weighted by Gasteiger charge is -2.02. The Bertz CT molecular complexity index is 339. The average Bonchev–Trinajstić information content (AvgIpc) is 2.14. The smallest absolute Gasteiger partial charge is 0.335 e. The number of hydrogen-bond acceptors (Lipinski definition) is 3. The van der Waals surface area contributed by atoms with Gasteiger partial charge < -0.3 is 5.11 Å². The van der Waals surface area contributed by atoms with Crippen LogP contribution in [0.3, 0.4) is 0 Å². The molecule has 0 fully saturated rings. The molecule has 0 saturated carbocycles. The molecule has 76 valence electrons. The highest BCUT2D eigenvalue weighted by Crippen LogP contribution is 2.18. The van der Waals surface area contributed by atoms with Gasteiger partial charge in [0, 0.05) is 5.69 Å². The van der Waals surface area contributed by atoms with Crippen LogP contribution < -0.4 is 0 Å². The number of carbonyl (C=O) groups is 1. The van der Waals surface area contributed by atoms with Crippen molar-refractivity contribution < 1.29 is 9.90 Å². The standard InChI is InChI=1S/C10H13NO2S/c1-3-4-14-9-6-8(10(12)13)5-7(2)11-9/h5-6H,3-4H2,1-2H3,(H,12,13). The van der Waals surface area contributed by atoms with Crippen molar-refractivity contribution in [1.82, 2.24) is 4.98 Å². The van der Waals surface area contributed by atoms with Crippen LogP contribution in [0.2, 0.25) is 0 Å². The van der Waals surface area contributed by atoms with Crippen molar-refractivity contribution in [3.63, 3.8) is 0 Å². The summed E-state index contributed by atoms with van der Waals surface area (Å²) in [5, 5.41) is 9.62. The van der Waals surface area contributed by atoms with E-state index in [1.165, 1.54) is 0 Å². The summed E-state index contributed by atoms with van der Waals surface area (Å²) in [7, 11) is 0. The fourth-order valence-corrected chi connectivity index (χ4v) is 1.87. The van der Waals surface area contributed by atoms with Gasteiger partial charge in [-0.05, 0) is 31.2 Å². The van der Waals surface area contributed by atoms with E-state index in [1.54, 1.807) is 23.9 Å². The van der Waals surface area contributed by atoms with Gasteiger partial charge in [0.25, 0.3) is 0 Å². The molecule has 0 spiro atoms. The summed E-state index contributed by atoms with van der Waals surface area (Å²) in [5.41, 5.74) is 1.07. The van der Waals surface area contributed by atoms with Crippen LogP contribution in [0.4, 0.5) is 0 Å². The molecule has 4 heteroatoms. The van der Waals surface area contributed by atoms with E-state index in [2.05, 4.69) is 11.9 Å². The van der Waals surface area contributed by atoms with Gasteiger partial charge in [0.2, 0.25) is 0 Å². The molecule has 0 bridgehead atoms. The van der Waals surface area contributed by atoms with Crippen molar-refractivity contribution in [2.24, 2.45) is 0 Å². The van der Waals surface area contributed by atoms with Gasteiger partial charge in [0.15, 0.2) is 0 Å². The summed E-state index contributed by atoms with van der Waals surface area (Å²) in [6.07, 6.45) is 1.06. The molecule has 0 aliphatic rings. The number of nitrogens with zero attached hydrogens (tertiary/aromatic N) is 1. The Balaban J connectivity index is 2.89. The molecule has 0 unspecified atom stereocenters. The number of aromatic nitrogens is 1. The van der Waals surface area contributed by atoms with E-state index in [4.69, 9.17) is 5.11 Å². The summed E-state index contributed by atoms with van der Waals surface area (Å²) >= 11 is 1.59. The van der Waals surface area contributed by atoms with E-state index in [0.29, 0.717) is 5.56 Å². The number of aryl methyl sites for hydroxylation is 1. The van der Waals surface area contributed by atoms with Crippen molar-refractivity contribution in [2.45, 2.75) is 25.3 Å². The first kappa shape index (κ1) is 11.0. The third-order valence-corrected chi connectivity index (χ3v) is 2.75. The topological polar surface area (TPSA) is 50.2 Å². The van der Waals surface area contributed by atoms with E-state index in [-0.39, 0.29) is 0 Å². The summed E-state index contributed by atoms with van der Waals surface area (Å²) in [4.78, 5) is 15.0. The molecule has 0 aliphatic carbocycles. The van der Waals surface area contributed by atoms with Crippen LogP contribution in [0.1, 0.15) is 29.4 Å². The quantitative estimate of drug-likeness (QED) is 0.778. The molecule has 1 aromatic rings. The summed E-state index contributed by atoms with van der Waals surface area (Å²) in [5.74, 6) is 0.0732. The van der Waals surface area contributed by atoms with Gasteiger partial charge in [-0.3, -0.25) is 0 Å². The van der Waals surface area contributed by atoms with Gasteiger partial charge in [-0.15, -0.1) is 11.8 Å². The third-order valence-electron chi connectivity index (χ3n) is 1.63. The van der Waals surface area contributed by atoms with Gasteiger partial charge in [-0.1, -0.05) is 6.92 Å². The number of carboxylic acid groups (broad SMARTS) is 1. The second kappa shape index (κ2) is 5.00. The Labute approximate surface area is 87.6 Å². The van der Waals surface area contributed by atoms with Crippen LogP contribution in [0.15, 0.2) is 17.2 Å². The third kappa shape index (κ3) is 3.03. The molecule has 1 rings (SSSR count). The van der Waals surface area contributed by atoms with Crippen LogP contribution in [0.5, 0.6) is 0 Å². The van der Waals surface area contributed by atoms with Crippen molar-refractivity contribution >= 4 is 17.7 Å². The fraction of sp³-hybridized carbons (Fsp3) is 0.400. The minimum atomic E-state index is -0.895. The first-order valence-electron chi connectivity index (χ1n) is 4.48. The highest BCUT2D eigenvalue weighted by Gasteiger charge is 2.06. The number of pyridine rings is 1. The molecule has 1 heterocycles. The maximum absolute atomic E-state index is 10.7. The molecule has 0 amide bonds. The SMILES string of the molecule is CCCSc1cc(C(=O)O)cc(C)n1. The molecule has 1 aromatic heterocycles. The Hall–Kier alpha value is -1.03. The number of hydrogen-bond donors (Lipinski definition) is 1. The van der Waals surface area contributed by atoms with Crippen LogP contribution >= 0.6 is 11.8 Å². The van der Waals surface area contributed by atoms with Gasteiger partial charge in [-0.25, -0.2) is 9.78 Å². The highest BCUT2D eigenvalue weighted by molar-refractivity contribution is 7.99. The zero-order valence-electron chi connectivity index (χ0n) is 8.28. The maximum atomic E-state index is 10.7. The maximum Gasteiger partial charge on any atom is 0.335 e. The molecule has 1 N–H and O–H groups in total. The predicted octanol–water partition coefficient (Wildman–Crippen LogP) is 2.59. The lowest BCUT2D eigenvalue weighted by atomic mass is 10.2. The van der Waals surface area contributed by atoms with Gasteiger partial charge in [0.05, 0.1) is 10.6 Å². The van der Waals surface area contributed by atoms with Crippen LogP contribution in [-0.2, 0) is 0 Å². The second-order valence-corrected chi connectivity index (χ2v) is 4.10. The van der Waals surface area contributed by atoms with Gasteiger partial charge in [-0.2, -0.15) is 0 Å². The van der Waals surface area contributed by atoms with Crippen molar-refractivity contribution in [3.8, 4) is 0 Å². The Morgan fingerprint density at radius 3 is 2.86 bits per heavy atom. The second-order valence-electron chi connectivity index (χ2n) is 2.99. The van der Waals surface area contributed by atoms with E-state index < -0.39 is 5.97 Å². The number of thioether (sulfide) groups is 1. The summed E-state index contributed by atoms with van der Waals surface area (Å²) < 4.78 is 0. The highest BCUT2D eigenvalue weighted by atomic mass is 32.2. The number of carboxylic acids is 1. The Morgan fingerprint density at radius 2 is 2.29 bits per heavy atom. The Morgan fingerprint density at radius 1 is 1.57 bits per heavy atom. The van der Waals surface area contributed by atoms with Crippen LogP contribution in [0.25, 0.3) is 0 Å². The van der Waals surface area contributed by atoms with E-state index in [0.717, 1.165) is 22.9 Å². The Kier molecular flexibility index (Phi) is 3.95. The lowest BCUT2D eigenvalue weighted by Crippen LogP contribution is -1.99. The van der Waals surface area contributed by atoms with Crippen LogP contribution in [0, 0.1) is 6.92 Å². The monoisotopic (exact) mass is 211 g/mol.